The number of hydrogen-bond acceptors (Lipinski definition) is 3. The highest BCUT2D eigenvalue weighted by atomic mass is 16.5. The number of nitrogens with one attached hydrogen (secondary N) is 1. The molecule has 2 fully saturated rings. The maximum absolute atomic E-state index is 5.77. The molecular formula is C14H23N3O. The fraction of sp³-hybridized carbons (Fsp3) is 0.786. The van der Waals surface area contributed by atoms with Crippen molar-refractivity contribution in [2.75, 3.05) is 20.2 Å². The number of rotatable bonds is 5. The van der Waals surface area contributed by atoms with Crippen LogP contribution in [0.25, 0.3) is 0 Å². The fourth-order valence-corrected chi connectivity index (χ4v) is 2.70. The van der Waals surface area contributed by atoms with E-state index in [1.807, 2.05) is 0 Å². The highest BCUT2D eigenvalue weighted by molar-refractivity contribution is 5.17. The standard InChI is InChI=1S/C14H23N3O/c1-17(10-13-4-2-3-7-18-13)9-12-8-14(16-15-12)11-5-6-11/h8,11,13H,2-7,9-10H2,1H3,(H,15,16)/t13-/m1/s1. The zero-order valence-electron chi connectivity index (χ0n) is 11.2. The highest BCUT2D eigenvalue weighted by Crippen LogP contribution is 2.39. The van der Waals surface area contributed by atoms with Gasteiger partial charge in [0.05, 0.1) is 11.8 Å². The number of hydrogen-bond donors (Lipinski definition) is 1. The molecule has 2 heterocycles. The molecule has 0 spiro atoms. The van der Waals surface area contributed by atoms with E-state index in [0.717, 1.165) is 25.6 Å². The molecule has 100 valence electrons. The Labute approximate surface area is 109 Å². The Kier molecular flexibility index (Phi) is 3.66. The molecule has 3 rings (SSSR count). The van der Waals surface area contributed by atoms with Crippen molar-refractivity contribution in [3.05, 3.63) is 17.5 Å². The quantitative estimate of drug-likeness (QED) is 0.870. The minimum absolute atomic E-state index is 0.426. The molecule has 4 heteroatoms. The third-order valence-corrected chi connectivity index (χ3v) is 3.88. The van der Waals surface area contributed by atoms with E-state index >= 15 is 0 Å². The van der Waals surface area contributed by atoms with Gasteiger partial charge in [-0.15, -0.1) is 0 Å². The van der Waals surface area contributed by atoms with Gasteiger partial charge in [0, 0.05) is 31.3 Å². The topological polar surface area (TPSA) is 41.2 Å². The van der Waals surface area contributed by atoms with Gasteiger partial charge in [-0.05, 0) is 45.2 Å². The molecule has 1 atom stereocenters. The summed E-state index contributed by atoms with van der Waals surface area (Å²) in [7, 11) is 2.16. The monoisotopic (exact) mass is 249 g/mol. The van der Waals surface area contributed by atoms with Crippen molar-refractivity contribution >= 4 is 0 Å². The first-order chi connectivity index (χ1) is 8.81. The second-order valence-electron chi connectivity index (χ2n) is 5.78. The van der Waals surface area contributed by atoms with Crippen LogP contribution in [0, 0.1) is 0 Å². The first kappa shape index (κ1) is 12.2. The van der Waals surface area contributed by atoms with Gasteiger partial charge in [-0.2, -0.15) is 5.10 Å². The summed E-state index contributed by atoms with van der Waals surface area (Å²) >= 11 is 0. The lowest BCUT2D eigenvalue weighted by Gasteiger charge is -2.27. The van der Waals surface area contributed by atoms with Gasteiger partial charge in [0.2, 0.25) is 0 Å². The molecule has 1 saturated heterocycles. The van der Waals surface area contributed by atoms with Crippen LogP contribution < -0.4 is 0 Å². The summed E-state index contributed by atoms with van der Waals surface area (Å²) in [6.45, 7) is 2.91. The minimum atomic E-state index is 0.426. The van der Waals surface area contributed by atoms with Crippen LogP contribution in [0.5, 0.6) is 0 Å². The van der Waals surface area contributed by atoms with Gasteiger partial charge in [0.25, 0.3) is 0 Å². The van der Waals surface area contributed by atoms with Gasteiger partial charge in [0.1, 0.15) is 0 Å². The Morgan fingerprint density at radius 1 is 1.39 bits per heavy atom. The van der Waals surface area contributed by atoms with E-state index in [1.54, 1.807) is 0 Å². The molecule has 0 bridgehead atoms. The van der Waals surface area contributed by atoms with E-state index in [-0.39, 0.29) is 0 Å². The largest absolute Gasteiger partial charge is 0.377 e. The van der Waals surface area contributed by atoms with Gasteiger partial charge >= 0.3 is 0 Å². The zero-order chi connectivity index (χ0) is 12.4. The minimum Gasteiger partial charge on any atom is -0.377 e. The molecule has 2 aliphatic rings. The Bertz CT molecular complexity index is 380. The third kappa shape index (κ3) is 3.12. The normalized spacial score (nSPS) is 24.7. The van der Waals surface area contributed by atoms with Crippen LogP contribution in [0.2, 0.25) is 0 Å². The maximum atomic E-state index is 5.77. The van der Waals surface area contributed by atoms with Crippen LogP contribution in [-0.4, -0.2) is 41.4 Å². The van der Waals surface area contributed by atoms with E-state index in [1.165, 1.54) is 43.5 Å². The number of aromatic amines is 1. The van der Waals surface area contributed by atoms with E-state index in [9.17, 15) is 0 Å². The highest BCUT2D eigenvalue weighted by Gasteiger charge is 2.26. The predicted molar refractivity (Wildman–Crippen MR) is 70.5 cm³/mol. The molecule has 1 saturated carbocycles. The Morgan fingerprint density at radius 3 is 3.00 bits per heavy atom. The van der Waals surface area contributed by atoms with Gasteiger partial charge in [-0.3, -0.25) is 10.00 Å². The second-order valence-corrected chi connectivity index (χ2v) is 5.78. The molecule has 1 aromatic heterocycles. The summed E-state index contributed by atoms with van der Waals surface area (Å²) in [5.74, 6) is 0.738. The lowest BCUT2D eigenvalue weighted by Crippen LogP contribution is -2.33. The average Bonchev–Trinajstić information content (AvgIpc) is 3.12. The predicted octanol–water partition coefficient (Wildman–Crippen LogP) is 2.29. The molecule has 1 aromatic rings. The van der Waals surface area contributed by atoms with Crippen molar-refractivity contribution in [3.8, 4) is 0 Å². The van der Waals surface area contributed by atoms with E-state index in [2.05, 4.69) is 28.2 Å². The second kappa shape index (κ2) is 5.41. The van der Waals surface area contributed by atoms with Crippen LogP contribution in [-0.2, 0) is 11.3 Å². The maximum Gasteiger partial charge on any atom is 0.0702 e. The molecule has 1 aliphatic heterocycles. The molecule has 1 aliphatic carbocycles. The molecule has 0 unspecified atom stereocenters. The van der Waals surface area contributed by atoms with E-state index in [0.29, 0.717) is 6.10 Å². The van der Waals surface area contributed by atoms with Gasteiger partial charge in [-0.25, -0.2) is 0 Å². The number of likely N-dealkylation sites (N-methyl/N-ethyl adjacent to an activating group) is 1. The van der Waals surface area contributed by atoms with Gasteiger partial charge in [0.15, 0.2) is 0 Å². The molecule has 0 radical (unpaired) electrons. The van der Waals surface area contributed by atoms with E-state index < -0.39 is 0 Å². The van der Waals surface area contributed by atoms with Crippen LogP contribution in [0.1, 0.15) is 49.4 Å². The number of ether oxygens (including phenoxy) is 1. The van der Waals surface area contributed by atoms with Crippen molar-refractivity contribution in [2.24, 2.45) is 0 Å². The van der Waals surface area contributed by atoms with Crippen molar-refractivity contribution in [1.29, 1.82) is 0 Å². The van der Waals surface area contributed by atoms with Crippen LogP contribution >= 0.6 is 0 Å². The first-order valence-corrected chi connectivity index (χ1v) is 7.15. The summed E-state index contributed by atoms with van der Waals surface area (Å²) in [5.41, 5.74) is 2.49. The smallest absolute Gasteiger partial charge is 0.0702 e. The fourth-order valence-electron chi connectivity index (χ4n) is 2.70. The summed E-state index contributed by atoms with van der Waals surface area (Å²) in [4.78, 5) is 2.33. The molecular weight excluding hydrogens is 226 g/mol. The number of nitrogens with zero attached hydrogens (tertiary/aromatic N) is 2. The zero-order valence-corrected chi connectivity index (χ0v) is 11.2. The lowest BCUT2D eigenvalue weighted by molar-refractivity contribution is -0.00274. The summed E-state index contributed by atoms with van der Waals surface area (Å²) in [6, 6.07) is 2.23. The van der Waals surface area contributed by atoms with Crippen molar-refractivity contribution < 1.29 is 4.74 Å². The van der Waals surface area contributed by atoms with Gasteiger partial charge < -0.3 is 4.74 Å². The van der Waals surface area contributed by atoms with Crippen molar-refractivity contribution in [3.63, 3.8) is 0 Å². The molecule has 4 nitrogen and oxygen atoms in total. The van der Waals surface area contributed by atoms with Crippen LogP contribution in [0.4, 0.5) is 0 Å². The molecule has 0 aromatic carbocycles. The summed E-state index contributed by atoms with van der Waals surface area (Å²) in [6.07, 6.45) is 6.81. The first-order valence-electron chi connectivity index (χ1n) is 7.15. The van der Waals surface area contributed by atoms with E-state index in [4.69, 9.17) is 4.74 Å². The SMILES string of the molecule is CN(Cc1cc(C2CC2)n[nH]1)C[C@H]1CCCCO1. The number of H-pyrrole nitrogens is 1. The Hall–Kier alpha value is -0.870. The number of aromatic nitrogens is 2. The van der Waals surface area contributed by atoms with Crippen molar-refractivity contribution in [2.45, 2.75) is 50.7 Å². The molecule has 0 amide bonds. The Morgan fingerprint density at radius 2 is 2.28 bits per heavy atom. The van der Waals surface area contributed by atoms with Crippen LogP contribution in [0.15, 0.2) is 6.07 Å². The average molecular weight is 249 g/mol. The molecule has 1 N–H and O–H groups in total. The lowest BCUT2D eigenvalue weighted by atomic mass is 10.1. The van der Waals surface area contributed by atoms with Crippen LogP contribution in [0.3, 0.4) is 0 Å². The third-order valence-electron chi connectivity index (χ3n) is 3.88. The summed E-state index contributed by atoms with van der Waals surface area (Å²) in [5, 5.41) is 7.56. The van der Waals surface area contributed by atoms with Crippen molar-refractivity contribution in [1.82, 2.24) is 15.1 Å². The molecule has 18 heavy (non-hydrogen) atoms. The van der Waals surface area contributed by atoms with Gasteiger partial charge in [-0.1, -0.05) is 0 Å². The Balaban J connectivity index is 1.48. The summed E-state index contributed by atoms with van der Waals surface area (Å²) < 4.78 is 5.77.